The van der Waals surface area contributed by atoms with Gasteiger partial charge in [0.2, 0.25) is 0 Å². The van der Waals surface area contributed by atoms with Crippen LogP contribution in [0.1, 0.15) is 26.3 Å². The minimum absolute atomic E-state index is 0.0705. The van der Waals surface area contributed by atoms with Crippen LogP contribution in [-0.4, -0.2) is 11.7 Å². The number of anilines is 1. The van der Waals surface area contributed by atoms with E-state index in [1.54, 1.807) is 26.8 Å². The SMILES string of the molecule is CC(C)(C)OC(=O)NCc1ccc(N)cc1F. The number of benzene rings is 1. The molecule has 0 aromatic heterocycles. The first-order chi connectivity index (χ1) is 7.78. The fourth-order valence-electron chi connectivity index (χ4n) is 1.19. The maximum absolute atomic E-state index is 13.4. The smallest absolute Gasteiger partial charge is 0.407 e. The molecule has 0 aliphatic carbocycles. The molecule has 0 saturated heterocycles. The van der Waals surface area contributed by atoms with Crippen molar-refractivity contribution in [3.05, 3.63) is 29.6 Å². The van der Waals surface area contributed by atoms with Crippen LogP contribution in [0.25, 0.3) is 0 Å². The monoisotopic (exact) mass is 240 g/mol. The summed E-state index contributed by atoms with van der Waals surface area (Å²) >= 11 is 0. The zero-order chi connectivity index (χ0) is 13.1. The predicted molar refractivity (Wildman–Crippen MR) is 63.9 cm³/mol. The van der Waals surface area contributed by atoms with Crippen LogP contribution in [0.5, 0.6) is 0 Å². The number of halogens is 1. The van der Waals surface area contributed by atoms with Gasteiger partial charge in [-0.1, -0.05) is 6.07 Å². The molecule has 1 aromatic carbocycles. The summed E-state index contributed by atoms with van der Waals surface area (Å²) in [6.45, 7) is 5.35. The van der Waals surface area contributed by atoms with E-state index in [2.05, 4.69) is 5.32 Å². The molecule has 17 heavy (non-hydrogen) atoms. The molecule has 1 rings (SSSR count). The summed E-state index contributed by atoms with van der Waals surface area (Å²) in [7, 11) is 0. The van der Waals surface area contributed by atoms with Crippen molar-refractivity contribution in [3.63, 3.8) is 0 Å². The normalized spacial score (nSPS) is 11.1. The van der Waals surface area contributed by atoms with Gasteiger partial charge in [-0.15, -0.1) is 0 Å². The number of rotatable bonds is 2. The van der Waals surface area contributed by atoms with Gasteiger partial charge in [0.25, 0.3) is 0 Å². The lowest BCUT2D eigenvalue weighted by Crippen LogP contribution is -2.32. The molecular weight excluding hydrogens is 223 g/mol. The van der Waals surface area contributed by atoms with E-state index in [0.717, 1.165) is 0 Å². The van der Waals surface area contributed by atoms with Crippen LogP contribution < -0.4 is 11.1 Å². The summed E-state index contributed by atoms with van der Waals surface area (Å²) in [5.74, 6) is -0.443. The Morgan fingerprint density at radius 1 is 1.47 bits per heavy atom. The van der Waals surface area contributed by atoms with Crippen molar-refractivity contribution < 1.29 is 13.9 Å². The number of nitrogens with one attached hydrogen (secondary N) is 1. The Morgan fingerprint density at radius 2 is 2.12 bits per heavy atom. The van der Waals surface area contributed by atoms with Gasteiger partial charge < -0.3 is 15.8 Å². The van der Waals surface area contributed by atoms with E-state index >= 15 is 0 Å². The third kappa shape index (κ3) is 4.72. The Hall–Kier alpha value is -1.78. The Morgan fingerprint density at radius 3 is 2.65 bits per heavy atom. The Labute approximate surface area is 100.0 Å². The van der Waals surface area contributed by atoms with Crippen LogP contribution in [-0.2, 0) is 11.3 Å². The van der Waals surface area contributed by atoms with Gasteiger partial charge in [-0.05, 0) is 32.9 Å². The lowest BCUT2D eigenvalue weighted by molar-refractivity contribution is 0.0523. The van der Waals surface area contributed by atoms with Crippen molar-refractivity contribution in [2.75, 3.05) is 5.73 Å². The zero-order valence-corrected chi connectivity index (χ0v) is 10.2. The molecule has 94 valence electrons. The minimum Gasteiger partial charge on any atom is -0.444 e. The highest BCUT2D eigenvalue weighted by atomic mass is 19.1. The Kier molecular flexibility index (Phi) is 3.93. The van der Waals surface area contributed by atoms with Crippen molar-refractivity contribution in [2.24, 2.45) is 0 Å². The number of amides is 1. The third-order valence-corrected chi connectivity index (χ3v) is 1.90. The molecule has 0 aliphatic rings. The number of carbonyl (C=O) groups excluding carboxylic acids is 1. The molecule has 0 unspecified atom stereocenters. The van der Waals surface area contributed by atoms with E-state index < -0.39 is 17.5 Å². The van der Waals surface area contributed by atoms with Crippen molar-refractivity contribution >= 4 is 11.8 Å². The Balaban J connectivity index is 2.53. The fraction of sp³-hybridized carbons (Fsp3) is 0.417. The number of hydrogen-bond acceptors (Lipinski definition) is 3. The molecule has 1 amide bonds. The standard InChI is InChI=1S/C12H17FN2O2/c1-12(2,3)17-11(16)15-7-8-4-5-9(14)6-10(8)13/h4-6H,7,14H2,1-3H3,(H,15,16). The fourth-order valence-corrected chi connectivity index (χ4v) is 1.19. The summed E-state index contributed by atoms with van der Waals surface area (Å²) in [6.07, 6.45) is -0.575. The van der Waals surface area contributed by atoms with Gasteiger partial charge in [-0.3, -0.25) is 0 Å². The molecule has 0 heterocycles. The van der Waals surface area contributed by atoms with Crippen LogP contribution in [0.3, 0.4) is 0 Å². The maximum Gasteiger partial charge on any atom is 0.407 e. The van der Waals surface area contributed by atoms with E-state index in [-0.39, 0.29) is 6.54 Å². The van der Waals surface area contributed by atoms with Crippen molar-refractivity contribution in [1.29, 1.82) is 0 Å². The van der Waals surface area contributed by atoms with Crippen LogP contribution in [0.15, 0.2) is 18.2 Å². The van der Waals surface area contributed by atoms with Gasteiger partial charge in [0.15, 0.2) is 0 Å². The van der Waals surface area contributed by atoms with Gasteiger partial charge in [-0.25, -0.2) is 9.18 Å². The molecule has 4 nitrogen and oxygen atoms in total. The predicted octanol–water partition coefficient (Wildman–Crippen LogP) is 2.43. The highest BCUT2D eigenvalue weighted by Crippen LogP contribution is 2.12. The summed E-state index contributed by atoms with van der Waals surface area (Å²) in [6, 6.07) is 4.32. The first kappa shape index (κ1) is 13.3. The molecule has 0 bridgehead atoms. The number of alkyl carbamates (subject to hydrolysis) is 1. The lowest BCUT2D eigenvalue weighted by Gasteiger charge is -2.19. The second-order valence-corrected chi connectivity index (χ2v) is 4.71. The van der Waals surface area contributed by atoms with Gasteiger partial charge in [-0.2, -0.15) is 0 Å². The van der Waals surface area contributed by atoms with Crippen molar-refractivity contribution in [2.45, 2.75) is 32.9 Å². The topological polar surface area (TPSA) is 64.3 Å². The number of nitrogens with two attached hydrogens (primary N) is 1. The number of carbonyl (C=O) groups is 1. The van der Waals surface area contributed by atoms with E-state index in [4.69, 9.17) is 10.5 Å². The second-order valence-electron chi connectivity index (χ2n) is 4.71. The van der Waals surface area contributed by atoms with Crippen LogP contribution in [0.4, 0.5) is 14.9 Å². The average molecular weight is 240 g/mol. The molecule has 0 radical (unpaired) electrons. The first-order valence-corrected chi connectivity index (χ1v) is 5.29. The van der Waals surface area contributed by atoms with Crippen molar-refractivity contribution in [1.82, 2.24) is 5.32 Å². The van der Waals surface area contributed by atoms with E-state index in [9.17, 15) is 9.18 Å². The highest BCUT2D eigenvalue weighted by molar-refractivity contribution is 5.67. The third-order valence-electron chi connectivity index (χ3n) is 1.90. The molecule has 0 saturated carbocycles. The second kappa shape index (κ2) is 5.03. The zero-order valence-electron chi connectivity index (χ0n) is 10.2. The molecule has 0 fully saturated rings. The van der Waals surface area contributed by atoms with Gasteiger partial charge in [0, 0.05) is 17.8 Å². The largest absolute Gasteiger partial charge is 0.444 e. The molecule has 0 atom stereocenters. The average Bonchev–Trinajstić information content (AvgIpc) is 2.13. The molecule has 3 N–H and O–H groups in total. The van der Waals surface area contributed by atoms with E-state index in [1.165, 1.54) is 12.1 Å². The molecular formula is C12H17FN2O2. The number of nitrogen functional groups attached to an aromatic ring is 1. The number of hydrogen-bond donors (Lipinski definition) is 2. The maximum atomic E-state index is 13.4. The summed E-state index contributed by atoms with van der Waals surface area (Å²) in [5, 5.41) is 2.47. The summed E-state index contributed by atoms with van der Waals surface area (Å²) in [5.41, 5.74) is 5.57. The molecule has 0 aliphatic heterocycles. The first-order valence-electron chi connectivity index (χ1n) is 5.29. The van der Waals surface area contributed by atoms with Gasteiger partial charge in [0.05, 0.1) is 0 Å². The minimum atomic E-state index is -0.575. The van der Waals surface area contributed by atoms with Gasteiger partial charge in [0.1, 0.15) is 11.4 Å². The Bertz CT molecular complexity index is 413. The van der Waals surface area contributed by atoms with Crippen molar-refractivity contribution in [3.8, 4) is 0 Å². The lowest BCUT2D eigenvalue weighted by atomic mass is 10.2. The molecule has 5 heteroatoms. The number of ether oxygens (including phenoxy) is 1. The molecule has 1 aromatic rings. The van der Waals surface area contributed by atoms with Gasteiger partial charge >= 0.3 is 6.09 Å². The van der Waals surface area contributed by atoms with E-state index in [0.29, 0.717) is 11.3 Å². The van der Waals surface area contributed by atoms with E-state index in [1.807, 2.05) is 0 Å². The van der Waals surface area contributed by atoms with Crippen LogP contribution >= 0.6 is 0 Å². The van der Waals surface area contributed by atoms with Crippen LogP contribution in [0.2, 0.25) is 0 Å². The molecule has 0 spiro atoms. The highest BCUT2D eigenvalue weighted by Gasteiger charge is 2.16. The van der Waals surface area contributed by atoms with Crippen LogP contribution in [0, 0.1) is 5.82 Å². The summed E-state index contributed by atoms with van der Waals surface area (Å²) < 4.78 is 18.4. The quantitative estimate of drug-likeness (QED) is 0.780. The summed E-state index contributed by atoms with van der Waals surface area (Å²) in [4.78, 5) is 11.3.